The maximum atomic E-state index is 13.6. The first kappa shape index (κ1) is 21.4. The number of benzene rings is 2. The molecule has 0 amide bonds. The fraction of sp³-hybridized carbons (Fsp3) is 0.227. The number of rotatable bonds is 4. The molecule has 0 fully saturated rings. The average molecular weight is 420 g/mol. The van der Waals surface area contributed by atoms with E-state index in [2.05, 4.69) is 19.8 Å². The number of nitrogens with zero attached hydrogens (tertiary/aromatic N) is 1. The van der Waals surface area contributed by atoms with E-state index in [1.807, 2.05) is 13.8 Å². The molecule has 0 radical (unpaired) electrons. The number of aromatic nitrogens is 1. The number of halogens is 4. The van der Waals surface area contributed by atoms with E-state index in [0.29, 0.717) is 11.3 Å². The molecule has 4 rings (SSSR count). The number of ether oxygens (including phenoxy) is 2. The van der Waals surface area contributed by atoms with Crippen LogP contribution in [0.3, 0.4) is 0 Å². The lowest BCUT2D eigenvalue weighted by Crippen LogP contribution is -2.25. The zero-order valence-electron chi connectivity index (χ0n) is 16.6. The molecule has 1 aliphatic rings. The molecule has 1 N–H and O–H groups in total. The van der Waals surface area contributed by atoms with E-state index < -0.39 is 17.9 Å². The second-order valence-corrected chi connectivity index (χ2v) is 6.29. The van der Waals surface area contributed by atoms with Crippen LogP contribution in [-0.4, -0.2) is 11.3 Å². The highest BCUT2D eigenvalue weighted by Gasteiger charge is 2.43. The Labute approximate surface area is 171 Å². The van der Waals surface area contributed by atoms with Gasteiger partial charge in [0.05, 0.1) is 12.4 Å². The molecule has 0 spiro atoms. The van der Waals surface area contributed by atoms with Gasteiger partial charge in [-0.05, 0) is 47.9 Å². The molecule has 0 unspecified atom stereocenters. The van der Waals surface area contributed by atoms with Crippen LogP contribution >= 0.6 is 0 Å². The second kappa shape index (κ2) is 8.61. The van der Waals surface area contributed by atoms with E-state index in [0.717, 1.165) is 23.5 Å². The van der Waals surface area contributed by atoms with Crippen molar-refractivity contribution >= 4 is 5.69 Å². The summed E-state index contributed by atoms with van der Waals surface area (Å²) in [7, 11) is 0. The number of fused-ring (bicyclic) bond motifs is 1. The molecule has 0 saturated carbocycles. The molecule has 0 aliphatic carbocycles. The lowest BCUT2D eigenvalue weighted by atomic mass is 9.99. The summed E-state index contributed by atoms with van der Waals surface area (Å²) in [5.74, 6) is -1.49. The van der Waals surface area contributed by atoms with Crippen molar-refractivity contribution in [3.05, 3.63) is 71.6 Å². The monoisotopic (exact) mass is 420 g/mol. The molecule has 2 heterocycles. The van der Waals surface area contributed by atoms with E-state index in [-0.39, 0.29) is 23.6 Å². The minimum Gasteiger partial charge on any atom is -0.395 e. The molecule has 0 atom stereocenters. The highest BCUT2D eigenvalue weighted by atomic mass is 19.3. The van der Waals surface area contributed by atoms with Crippen molar-refractivity contribution in [3.8, 4) is 22.6 Å². The molecule has 3 aromatic rings. The third kappa shape index (κ3) is 4.48. The predicted octanol–water partition coefficient (Wildman–Crippen LogP) is 6.30. The summed E-state index contributed by atoms with van der Waals surface area (Å²) >= 11 is 0. The van der Waals surface area contributed by atoms with Crippen LogP contribution < -0.4 is 14.8 Å². The topological polar surface area (TPSA) is 43.4 Å². The number of hydrogen-bond acceptors (Lipinski definition) is 4. The minimum atomic E-state index is -3.67. The molecule has 0 bridgehead atoms. The summed E-state index contributed by atoms with van der Waals surface area (Å²) in [6, 6.07) is 9.98. The lowest BCUT2D eigenvalue weighted by molar-refractivity contribution is -0.286. The first-order chi connectivity index (χ1) is 14.3. The Kier molecular flexibility index (Phi) is 6.14. The summed E-state index contributed by atoms with van der Waals surface area (Å²) in [6.07, 6.45) is -1.76. The number of aryl methyl sites for hydroxylation is 1. The summed E-state index contributed by atoms with van der Waals surface area (Å²) < 4.78 is 62.7. The van der Waals surface area contributed by atoms with Gasteiger partial charge in [0.15, 0.2) is 11.5 Å². The molecule has 8 heteroatoms. The van der Waals surface area contributed by atoms with Gasteiger partial charge >= 0.3 is 6.29 Å². The summed E-state index contributed by atoms with van der Waals surface area (Å²) in [4.78, 5) is 3.44. The third-order valence-electron chi connectivity index (χ3n) is 4.37. The zero-order chi connectivity index (χ0) is 21.9. The lowest BCUT2D eigenvalue weighted by Gasteiger charge is -2.11. The van der Waals surface area contributed by atoms with Crippen LogP contribution in [0.2, 0.25) is 0 Å². The van der Waals surface area contributed by atoms with Crippen molar-refractivity contribution in [2.75, 3.05) is 5.32 Å². The standard InChI is InChI=1S/C20H14F4N2O2.C2H6/c1-11-6-18-19(28-20(23,24)27-18)7-14(11)12-2-4-13(5-3-12)26-8-15-16(21)9-25-10-17(15)22;1-2/h2-7,9-10,26H,8H2,1H3;1-2H3. The zero-order valence-corrected chi connectivity index (χ0v) is 16.6. The van der Waals surface area contributed by atoms with Crippen LogP contribution in [-0.2, 0) is 6.54 Å². The van der Waals surface area contributed by atoms with Crippen LogP contribution in [0, 0.1) is 18.6 Å². The molecule has 0 saturated heterocycles. The van der Waals surface area contributed by atoms with E-state index in [9.17, 15) is 17.6 Å². The van der Waals surface area contributed by atoms with Crippen molar-refractivity contribution in [1.29, 1.82) is 0 Å². The number of hydrogen-bond donors (Lipinski definition) is 1. The van der Waals surface area contributed by atoms with Gasteiger partial charge in [-0.3, -0.25) is 4.98 Å². The first-order valence-electron chi connectivity index (χ1n) is 9.35. The number of nitrogens with one attached hydrogen (secondary N) is 1. The molecule has 1 aliphatic heterocycles. The Balaban J connectivity index is 0.00000124. The number of pyridine rings is 1. The molecule has 4 nitrogen and oxygen atoms in total. The highest BCUT2D eigenvalue weighted by Crippen LogP contribution is 2.44. The Hall–Kier alpha value is -3.29. The van der Waals surface area contributed by atoms with Gasteiger partial charge in [-0.2, -0.15) is 0 Å². The van der Waals surface area contributed by atoms with Crippen LogP contribution in [0.15, 0.2) is 48.8 Å². The first-order valence-corrected chi connectivity index (χ1v) is 9.35. The Bertz CT molecular complexity index is 1020. The van der Waals surface area contributed by atoms with Crippen LogP contribution in [0.5, 0.6) is 11.5 Å². The Morgan fingerprint density at radius 2 is 1.50 bits per heavy atom. The summed E-state index contributed by atoms with van der Waals surface area (Å²) in [5, 5.41) is 2.94. The fourth-order valence-electron chi connectivity index (χ4n) is 2.97. The number of alkyl halides is 2. The van der Waals surface area contributed by atoms with E-state index >= 15 is 0 Å². The van der Waals surface area contributed by atoms with Gasteiger partial charge in [-0.1, -0.05) is 26.0 Å². The van der Waals surface area contributed by atoms with Gasteiger partial charge in [0, 0.05) is 17.8 Å². The van der Waals surface area contributed by atoms with Gasteiger partial charge in [-0.25, -0.2) is 8.78 Å². The van der Waals surface area contributed by atoms with Crippen molar-refractivity contribution in [2.45, 2.75) is 33.6 Å². The van der Waals surface area contributed by atoms with Crippen molar-refractivity contribution < 1.29 is 27.0 Å². The van der Waals surface area contributed by atoms with Crippen LogP contribution in [0.1, 0.15) is 25.0 Å². The fourth-order valence-corrected chi connectivity index (χ4v) is 2.97. The summed E-state index contributed by atoms with van der Waals surface area (Å²) in [5.41, 5.74) is 2.75. The van der Waals surface area contributed by atoms with Crippen molar-refractivity contribution in [2.24, 2.45) is 0 Å². The van der Waals surface area contributed by atoms with Gasteiger partial charge in [0.25, 0.3) is 0 Å². The third-order valence-corrected chi connectivity index (χ3v) is 4.37. The van der Waals surface area contributed by atoms with Gasteiger partial charge in [0.1, 0.15) is 11.6 Å². The number of anilines is 1. The molecule has 1 aromatic heterocycles. The van der Waals surface area contributed by atoms with E-state index in [1.165, 1.54) is 12.1 Å². The average Bonchev–Trinajstić information content (AvgIpc) is 3.02. The van der Waals surface area contributed by atoms with Gasteiger partial charge in [0.2, 0.25) is 0 Å². The largest absolute Gasteiger partial charge is 0.586 e. The quantitative estimate of drug-likeness (QED) is 0.504. The molecule has 2 aromatic carbocycles. The molecular weight excluding hydrogens is 400 g/mol. The van der Waals surface area contributed by atoms with Crippen molar-refractivity contribution in [1.82, 2.24) is 4.98 Å². The molecular formula is C22H20F4N2O2. The van der Waals surface area contributed by atoms with Gasteiger partial charge in [-0.15, -0.1) is 8.78 Å². The smallest absolute Gasteiger partial charge is 0.395 e. The maximum absolute atomic E-state index is 13.6. The second-order valence-electron chi connectivity index (χ2n) is 6.29. The Morgan fingerprint density at radius 1 is 0.933 bits per heavy atom. The van der Waals surface area contributed by atoms with Crippen LogP contribution in [0.4, 0.5) is 23.2 Å². The van der Waals surface area contributed by atoms with E-state index in [4.69, 9.17) is 0 Å². The predicted molar refractivity (Wildman–Crippen MR) is 106 cm³/mol. The van der Waals surface area contributed by atoms with Crippen LogP contribution in [0.25, 0.3) is 11.1 Å². The maximum Gasteiger partial charge on any atom is 0.586 e. The van der Waals surface area contributed by atoms with E-state index in [1.54, 1.807) is 31.2 Å². The van der Waals surface area contributed by atoms with Gasteiger partial charge < -0.3 is 14.8 Å². The Morgan fingerprint density at radius 3 is 2.10 bits per heavy atom. The summed E-state index contributed by atoms with van der Waals surface area (Å²) in [6.45, 7) is 5.73. The SMILES string of the molecule is CC.Cc1cc2c(cc1-c1ccc(NCc3c(F)cncc3F)cc1)OC(F)(F)O2. The molecule has 158 valence electrons. The highest BCUT2D eigenvalue weighted by molar-refractivity contribution is 5.72. The molecule has 30 heavy (non-hydrogen) atoms. The van der Waals surface area contributed by atoms with Crippen molar-refractivity contribution in [3.63, 3.8) is 0 Å². The minimum absolute atomic E-state index is 0.00839. The normalized spacial score (nSPS) is 13.4.